The first-order valence-corrected chi connectivity index (χ1v) is 4.18. The summed E-state index contributed by atoms with van der Waals surface area (Å²) in [5.41, 5.74) is 1.73. The van der Waals surface area contributed by atoms with Crippen molar-refractivity contribution in [3.63, 3.8) is 0 Å². The van der Waals surface area contributed by atoms with Gasteiger partial charge in [0.2, 0.25) is 0 Å². The number of benzene rings is 1. The molecular weight excluding hydrogens is 166 g/mol. The first-order chi connectivity index (χ1) is 6.33. The van der Waals surface area contributed by atoms with Crippen LogP contribution >= 0.6 is 0 Å². The van der Waals surface area contributed by atoms with Crippen LogP contribution in [-0.4, -0.2) is 21.8 Å². The Kier molecular flexibility index (Phi) is 2.04. The lowest BCUT2D eigenvalue weighted by Gasteiger charge is -2.04. The molecular formula is C10H11NO2. The van der Waals surface area contributed by atoms with Crippen molar-refractivity contribution in [3.05, 3.63) is 36.0 Å². The lowest BCUT2D eigenvalue weighted by molar-refractivity contribution is 0.0967. The molecule has 13 heavy (non-hydrogen) atoms. The molecule has 0 aliphatic heterocycles. The molecule has 3 nitrogen and oxygen atoms in total. The molecule has 0 aliphatic rings. The highest BCUT2D eigenvalue weighted by atomic mass is 16.3. The first kappa shape index (κ1) is 8.29. The van der Waals surface area contributed by atoms with E-state index in [-0.39, 0.29) is 6.61 Å². The molecule has 0 unspecified atom stereocenters. The second-order valence-electron chi connectivity index (χ2n) is 2.99. The molecule has 0 amide bonds. The highest BCUT2D eigenvalue weighted by Crippen LogP contribution is 2.23. The highest BCUT2D eigenvalue weighted by molar-refractivity contribution is 5.83. The maximum absolute atomic E-state index is 9.45. The van der Waals surface area contributed by atoms with Crippen LogP contribution < -0.4 is 0 Å². The lowest BCUT2D eigenvalue weighted by atomic mass is 10.1. The molecule has 0 spiro atoms. The largest absolute Gasteiger partial charge is 0.393 e. The van der Waals surface area contributed by atoms with Crippen molar-refractivity contribution in [1.29, 1.82) is 0 Å². The maximum atomic E-state index is 9.45. The van der Waals surface area contributed by atoms with Gasteiger partial charge in [0.05, 0.1) is 6.61 Å². The van der Waals surface area contributed by atoms with Crippen LogP contribution in [0.1, 0.15) is 11.7 Å². The average molecular weight is 177 g/mol. The predicted octanol–water partition coefficient (Wildman–Crippen LogP) is 1.19. The van der Waals surface area contributed by atoms with Gasteiger partial charge in [-0.1, -0.05) is 18.2 Å². The summed E-state index contributed by atoms with van der Waals surface area (Å²) in [5, 5.41) is 19.2. The van der Waals surface area contributed by atoms with Gasteiger partial charge in [0.25, 0.3) is 0 Å². The van der Waals surface area contributed by atoms with Gasteiger partial charge < -0.3 is 15.2 Å². The number of para-hydroxylation sites is 1. The van der Waals surface area contributed by atoms with E-state index in [1.807, 2.05) is 24.3 Å². The van der Waals surface area contributed by atoms with Crippen molar-refractivity contribution in [1.82, 2.24) is 4.98 Å². The van der Waals surface area contributed by atoms with Gasteiger partial charge in [-0.15, -0.1) is 0 Å². The predicted molar refractivity (Wildman–Crippen MR) is 50.3 cm³/mol. The third-order valence-corrected chi connectivity index (χ3v) is 2.15. The van der Waals surface area contributed by atoms with Crippen LogP contribution in [0.2, 0.25) is 0 Å². The Morgan fingerprint density at radius 1 is 1.31 bits per heavy atom. The van der Waals surface area contributed by atoms with Gasteiger partial charge in [-0.05, 0) is 6.07 Å². The second kappa shape index (κ2) is 3.20. The number of nitrogens with one attached hydrogen (secondary N) is 1. The molecule has 2 rings (SSSR count). The molecule has 0 saturated carbocycles. The molecule has 1 aromatic heterocycles. The number of fused-ring (bicyclic) bond motifs is 1. The Labute approximate surface area is 75.6 Å². The van der Waals surface area contributed by atoms with E-state index in [0.717, 1.165) is 16.5 Å². The van der Waals surface area contributed by atoms with Crippen molar-refractivity contribution in [2.24, 2.45) is 0 Å². The summed E-state index contributed by atoms with van der Waals surface area (Å²) in [5.74, 6) is 0. The SMILES string of the molecule is OC[C@H](O)c1c[nH]c2ccccc12. The third kappa shape index (κ3) is 1.32. The van der Waals surface area contributed by atoms with E-state index in [0.29, 0.717) is 0 Å². The van der Waals surface area contributed by atoms with E-state index >= 15 is 0 Å². The van der Waals surface area contributed by atoms with E-state index < -0.39 is 6.10 Å². The summed E-state index contributed by atoms with van der Waals surface area (Å²) in [6, 6.07) is 7.68. The van der Waals surface area contributed by atoms with Crippen LogP contribution in [0.5, 0.6) is 0 Å². The number of aliphatic hydroxyl groups excluding tert-OH is 2. The standard InChI is InChI=1S/C10H11NO2/c12-6-10(13)8-5-11-9-4-2-1-3-7(8)9/h1-5,10-13H,6H2/t10-/m0/s1. The van der Waals surface area contributed by atoms with Crippen molar-refractivity contribution >= 4 is 10.9 Å². The summed E-state index contributed by atoms with van der Waals surface area (Å²) in [6.07, 6.45) is 0.932. The van der Waals surface area contributed by atoms with Crippen LogP contribution in [0.3, 0.4) is 0 Å². The molecule has 3 heteroatoms. The minimum Gasteiger partial charge on any atom is -0.393 e. The van der Waals surface area contributed by atoms with Crippen molar-refractivity contribution in [2.45, 2.75) is 6.10 Å². The van der Waals surface area contributed by atoms with Crippen LogP contribution in [0, 0.1) is 0 Å². The van der Waals surface area contributed by atoms with Crippen molar-refractivity contribution in [2.75, 3.05) is 6.61 Å². The topological polar surface area (TPSA) is 56.2 Å². The Morgan fingerprint density at radius 3 is 2.85 bits per heavy atom. The number of aliphatic hydroxyl groups is 2. The van der Waals surface area contributed by atoms with Crippen LogP contribution in [0.4, 0.5) is 0 Å². The smallest absolute Gasteiger partial charge is 0.104 e. The molecule has 1 heterocycles. The third-order valence-electron chi connectivity index (χ3n) is 2.15. The van der Waals surface area contributed by atoms with Gasteiger partial charge in [-0.2, -0.15) is 0 Å². The zero-order chi connectivity index (χ0) is 9.26. The maximum Gasteiger partial charge on any atom is 0.104 e. The van der Waals surface area contributed by atoms with Crippen LogP contribution in [0.25, 0.3) is 10.9 Å². The van der Waals surface area contributed by atoms with Crippen molar-refractivity contribution in [3.8, 4) is 0 Å². The van der Waals surface area contributed by atoms with Gasteiger partial charge in [0.15, 0.2) is 0 Å². The minimum atomic E-state index is -0.795. The van der Waals surface area contributed by atoms with E-state index in [1.165, 1.54) is 0 Å². The van der Waals surface area contributed by atoms with E-state index in [1.54, 1.807) is 6.20 Å². The highest BCUT2D eigenvalue weighted by Gasteiger charge is 2.10. The zero-order valence-electron chi connectivity index (χ0n) is 7.07. The number of aromatic amines is 1. The average Bonchev–Trinajstić information content (AvgIpc) is 2.60. The van der Waals surface area contributed by atoms with Gasteiger partial charge in [-0.25, -0.2) is 0 Å². The molecule has 3 N–H and O–H groups in total. The van der Waals surface area contributed by atoms with Crippen LogP contribution in [-0.2, 0) is 0 Å². The summed E-state index contributed by atoms with van der Waals surface area (Å²) < 4.78 is 0. The molecule has 0 radical (unpaired) electrons. The number of hydrogen-bond acceptors (Lipinski definition) is 2. The fourth-order valence-electron chi connectivity index (χ4n) is 1.47. The summed E-state index contributed by atoms with van der Waals surface area (Å²) >= 11 is 0. The van der Waals surface area contributed by atoms with Gasteiger partial charge >= 0.3 is 0 Å². The van der Waals surface area contributed by atoms with E-state index in [4.69, 9.17) is 5.11 Å². The first-order valence-electron chi connectivity index (χ1n) is 4.18. The monoisotopic (exact) mass is 177 g/mol. The Morgan fingerprint density at radius 2 is 2.08 bits per heavy atom. The Hall–Kier alpha value is -1.32. The van der Waals surface area contributed by atoms with Crippen LogP contribution in [0.15, 0.2) is 30.5 Å². The number of rotatable bonds is 2. The van der Waals surface area contributed by atoms with E-state index in [2.05, 4.69) is 4.98 Å². The Bertz CT molecular complexity index is 408. The lowest BCUT2D eigenvalue weighted by Crippen LogP contribution is -2.00. The summed E-state index contributed by atoms with van der Waals surface area (Å²) in [7, 11) is 0. The number of aromatic nitrogens is 1. The van der Waals surface area contributed by atoms with Gasteiger partial charge in [0, 0.05) is 22.7 Å². The van der Waals surface area contributed by atoms with Gasteiger partial charge in [0.1, 0.15) is 6.10 Å². The molecule has 68 valence electrons. The molecule has 2 aromatic rings. The number of hydrogen-bond donors (Lipinski definition) is 3. The quantitative estimate of drug-likeness (QED) is 0.645. The molecule has 1 atom stereocenters. The molecule has 0 bridgehead atoms. The molecule has 1 aromatic carbocycles. The summed E-state index contributed by atoms with van der Waals surface area (Å²) in [6.45, 7) is -0.248. The zero-order valence-corrected chi connectivity index (χ0v) is 7.07. The molecule has 0 saturated heterocycles. The second-order valence-corrected chi connectivity index (χ2v) is 2.99. The fourth-order valence-corrected chi connectivity index (χ4v) is 1.47. The molecule has 0 fully saturated rings. The molecule has 0 aliphatic carbocycles. The van der Waals surface area contributed by atoms with Crippen molar-refractivity contribution < 1.29 is 10.2 Å². The van der Waals surface area contributed by atoms with E-state index in [9.17, 15) is 5.11 Å². The number of H-pyrrole nitrogens is 1. The Balaban J connectivity index is 2.57. The summed E-state index contributed by atoms with van der Waals surface area (Å²) in [4.78, 5) is 3.03. The normalized spacial score (nSPS) is 13.4. The fraction of sp³-hybridized carbons (Fsp3) is 0.200. The van der Waals surface area contributed by atoms with Gasteiger partial charge in [-0.3, -0.25) is 0 Å². The minimum absolute atomic E-state index is 0.248.